The maximum Gasteiger partial charge on any atom is 0.243 e. The summed E-state index contributed by atoms with van der Waals surface area (Å²) in [7, 11) is 5.40. The van der Waals surface area contributed by atoms with Crippen molar-refractivity contribution in [2.75, 3.05) is 34.2 Å². The first kappa shape index (κ1) is 16.8. The molecule has 0 radical (unpaired) electrons. The van der Waals surface area contributed by atoms with Gasteiger partial charge in [-0.2, -0.15) is 0 Å². The topological polar surface area (TPSA) is 47.9 Å². The predicted molar refractivity (Wildman–Crippen MR) is 87.1 cm³/mol. The summed E-state index contributed by atoms with van der Waals surface area (Å²) >= 11 is 0. The van der Waals surface area contributed by atoms with Gasteiger partial charge in [0.25, 0.3) is 0 Å². The molecule has 1 N–H and O–H groups in total. The van der Waals surface area contributed by atoms with E-state index in [9.17, 15) is 4.79 Å². The molecular formula is C16H24N4O. The zero-order valence-corrected chi connectivity index (χ0v) is 13.0. The van der Waals surface area contributed by atoms with Gasteiger partial charge in [-0.1, -0.05) is 36.4 Å². The van der Waals surface area contributed by atoms with Gasteiger partial charge in [0.15, 0.2) is 5.96 Å². The van der Waals surface area contributed by atoms with Crippen molar-refractivity contribution in [2.24, 2.45) is 4.99 Å². The van der Waals surface area contributed by atoms with Gasteiger partial charge < -0.3 is 15.1 Å². The van der Waals surface area contributed by atoms with Gasteiger partial charge in [-0.3, -0.25) is 4.79 Å². The lowest BCUT2D eigenvalue weighted by Gasteiger charge is -2.22. The number of amides is 1. The third-order valence-electron chi connectivity index (χ3n) is 2.89. The molecule has 0 bridgehead atoms. The van der Waals surface area contributed by atoms with Crippen LogP contribution in [0, 0.1) is 0 Å². The molecule has 0 heterocycles. The van der Waals surface area contributed by atoms with E-state index in [1.807, 2.05) is 30.1 Å². The molecule has 1 aromatic rings. The Morgan fingerprint density at radius 3 is 2.52 bits per heavy atom. The van der Waals surface area contributed by atoms with Gasteiger partial charge in [0.05, 0.1) is 0 Å². The van der Waals surface area contributed by atoms with Crippen LogP contribution in [0.2, 0.25) is 0 Å². The van der Waals surface area contributed by atoms with Gasteiger partial charge in [0.1, 0.15) is 6.54 Å². The lowest BCUT2D eigenvalue weighted by atomic mass is 10.2. The van der Waals surface area contributed by atoms with Gasteiger partial charge in [0.2, 0.25) is 5.91 Å². The summed E-state index contributed by atoms with van der Waals surface area (Å²) < 4.78 is 0. The van der Waals surface area contributed by atoms with Crippen LogP contribution < -0.4 is 5.32 Å². The number of nitrogens with one attached hydrogen (secondary N) is 1. The fourth-order valence-corrected chi connectivity index (χ4v) is 1.69. The zero-order valence-electron chi connectivity index (χ0n) is 13.0. The smallest absolute Gasteiger partial charge is 0.243 e. The number of likely N-dealkylation sites (N-methyl/N-ethyl adjacent to an activating group) is 1. The van der Waals surface area contributed by atoms with Gasteiger partial charge in [0, 0.05) is 34.2 Å². The second kappa shape index (κ2) is 8.79. The minimum atomic E-state index is -0.0268. The quantitative estimate of drug-likeness (QED) is 0.488. The van der Waals surface area contributed by atoms with E-state index in [1.54, 1.807) is 20.2 Å². The summed E-state index contributed by atoms with van der Waals surface area (Å²) in [6.07, 6.45) is 1.76. The number of hydrogen-bond acceptors (Lipinski definition) is 2. The lowest BCUT2D eigenvalue weighted by molar-refractivity contribution is -0.127. The summed E-state index contributed by atoms with van der Waals surface area (Å²) in [6, 6.07) is 10.1. The minimum absolute atomic E-state index is 0.0268. The number of hydrogen-bond donors (Lipinski definition) is 1. The average Bonchev–Trinajstić information content (AvgIpc) is 2.47. The Balaban J connectivity index is 2.73. The van der Waals surface area contributed by atoms with E-state index in [4.69, 9.17) is 0 Å². The fourth-order valence-electron chi connectivity index (χ4n) is 1.69. The van der Waals surface area contributed by atoms with Gasteiger partial charge >= 0.3 is 0 Å². The summed E-state index contributed by atoms with van der Waals surface area (Å²) in [5.41, 5.74) is 1.19. The van der Waals surface area contributed by atoms with Gasteiger partial charge in [-0.15, -0.1) is 6.58 Å². The average molecular weight is 288 g/mol. The highest BCUT2D eigenvalue weighted by molar-refractivity contribution is 5.84. The van der Waals surface area contributed by atoms with Crippen LogP contribution >= 0.6 is 0 Å². The number of benzene rings is 1. The van der Waals surface area contributed by atoms with Crippen molar-refractivity contribution < 1.29 is 4.79 Å². The maximum atomic E-state index is 11.7. The van der Waals surface area contributed by atoms with E-state index in [1.165, 1.54) is 10.5 Å². The van der Waals surface area contributed by atoms with E-state index in [2.05, 4.69) is 29.0 Å². The molecule has 21 heavy (non-hydrogen) atoms. The molecule has 0 aliphatic rings. The van der Waals surface area contributed by atoms with E-state index < -0.39 is 0 Å². The monoisotopic (exact) mass is 288 g/mol. The number of aliphatic imine (C=N–C) groups is 1. The number of guanidine groups is 1. The molecule has 5 heteroatoms. The second-order valence-electron chi connectivity index (χ2n) is 4.94. The van der Waals surface area contributed by atoms with Crippen LogP contribution in [0.25, 0.3) is 0 Å². The molecule has 1 aromatic carbocycles. The Bertz CT molecular complexity index is 482. The van der Waals surface area contributed by atoms with Crippen molar-refractivity contribution in [3.8, 4) is 0 Å². The fraction of sp³-hybridized carbons (Fsp3) is 0.375. The van der Waals surface area contributed by atoms with E-state index in [-0.39, 0.29) is 12.5 Å². The molecule has 0 atom stereocenters. The molecule has 114 valence electrons. The van der Waals surface area contributed by atoms with Crippen LogP contribution in [-0.4, -0.2) is 55.9 Å². The molecule has 0 saturated heterocycles. The normalized spacial score (nSPS) is 10.9. The van der Waals surface area contributed by atoms with Crippen LogP contribution in [0.3, 0.4) is 0 Å². The number of rotatable bonds is 6. The standard InChI is InChI=1S/C16H24N4O/c1-5-11-17-16(18-12-15(21)19(2)3)20(4)13-14-9-7-6-8-10-14/h5-10H,1,11-13H2,2-4H3,(H,17,18). The Hall–Kier alpha value is -2.30. The van der Waals surface area contributed by atoms with Crippen LogP contribution in [0.5, 0.6) is 0 Å². The molecular weight excluding hydrogens is 264 g/mol. The largest absolute Gasteiger partial charge is 0.353 e. The SMILES string of the molecule is C=CCNC(=NCC(=O)N(C)C)N(C)Cc1ccccc1. The first-order chi connectivity index (χ1) is 10.0. The van der Waals surface area contributed by atoms with Gasteiger partial charge in [-0.05, 0) is 5.56 Å². The van der Waals surface area contributed by atoms with E-state index in [0.717, 1.165) is 6.54 Å². The molecule has 0 aliphatic heterocycles. The molecule has 0 fully saturated rings. The molecule has 5 nitrogen and oxygen atoms in total. The number of carbonyl (C=O) groups excluding carboxylic acids is 1. The van der Waals surface area contributed by atoms with E-state index in [0.29, 0.717) is 12.5 Å². The summed E-state index contributed by atoms with van der Waals surface area (Å²) in [5, 5.41) is 3.17. The molecule has 1 amide bonds. The summed E-state index contributed by atoms with van der Waals surface area (Å²) in [5.74, 6) is 0.662. The lowest BCUT2D eigenvalue weighted by Crippen LogP contribution is -2.39. The third-order valence-corrected chi connectivity index (χ3v) is 2.89. The molecule has 0 spiro atoms. The Morgan fingerprint density at radius 1 is 1.29 bits per heavy atom. The van der Waals surface area contributed by atoms with Crippen LogP contribution in [0.4, 0.5) is 0 Å². The first-order valence-corrected chi connectivity index (χ1v) is 6.89. The van der Waals surface area contributed by atoms with E-state index >= 15 is 0 Å². The Kier molecular flexibility index (Phi) is 7.01. The van der Waals surface area contributed by atoms with Crippen molar-refractivity contribution in [1.82, 2.24) is 15.1 Å². The van der Waals surface area contributed by atoms with Gasteiger partial charge in [-0.25, -0.2) is 4.99 Å². The van der Waals surface area contributed by atoms with Crippen molar-refractivity contribution in [1.29, 1.82) is 0 Å². The Morgan fingerprint density at radius 2 is 1.95 bits per heavy atom. The summed E-state index contributed by atoms with van der Waals surface area (Å²) in [6.45, 7) is 5.15. The highest BCUT2D eigenvalue weighted by Crippen LogP contribution is 2.03. The van der Waals surface area contributed by atoms with Crippen molar-refractivity contribution >= 4 is 11.9 Å². The molecule has 1 rings (SSSR count). The Labute approximate surface area is 127 Å². The highest BCUT2D eigenvalue weighted by atomic mass is 16.2. The first-order valence-electron chi connectivity index (χ1n) is 6.89. The molecule has 0 aliphatic carbocycles. The maximum absolute atomic E-state index is 11.7. The second-order valence-corrected chi connectivity index (χ2v) is 4.94. The molecule has 0 saturated carbocycles. The molecule has 0 aromatic heterocycles. The van der Waals surface area contributed by atoms with Crippen LogP contribution in [0.1, 0.15) is 5.56 Å². The van der Waals surface area contributed by atoms with Crippen molar-refractivity contribution in [3.63, 3.8) is 0 Å². The summed E-state index contributed by atoms with van der Waals surface area (Å²) in [4.78, 5) is 19.5. The van der Waals surface area contributed by atoms with Crippen molar-refractivity contribution in [2.45, 2.75) is 6.54 Å². The predicted octanol–water partition coefficient (Wildman–Crippen LogP) is 1.34. The van der Waals surface area contributed by atoms with Crippen molar-refractivity contribution in [3.05, 3.63) is 48.6 Å². The highest BCUT2D eigenvalue weighted by Gasteiger charge is 2.08. The van der Waals surface area contributed by atoms with Crippen LogP contribution in [0.15, 0.2) is 48.0 Å². The van der Waals surface area contributed by atoms with Crippen LogP contribution in [-0.2, 0) is 11.3 Å². The zero-order chi connectivity index (χ0) is 15.7. The number of nitrogens with zero attached hydrogens (tertiary/aromatic N) is 3. The number of carbonyl (C=O) groups is 1. The third kappa shape index (κ3) is 6.12. The minimum Gasteiger partial charge on any atom is -0.353 e. The molecule has 0 unspecified atom stereocenters.